The van der Waals surface area contributed by atoms with Gasteiger partial charge in [0.1, 0.15) is 0 Å². The standard InChI is InChI=1S/C11H25NS/c1-4-8-12-10-11(5-2)7-6-9-13-3/h11-12H,4-10H2,1-3H3. The smallest absolute Gasteiger partial charge is 0.00206 e. The normalized spacial score (nSPS) is 13.2. The molecule has 0 aliphatic rings. The van der Waals surface area contributed by atoms with Crippen molar-refractivity contribution in [3.8, 4) is 0 Å². The number of rotatable bonds is 9. The second-order valence-corrected chi connectivity index (χ2v) is 4.60. The van der Waals surface area contributed by atoms with E-state index in [1.807, 2.05) is 11.8 Å². The third-order valence-corrected chi connectivity index (χ3v) is 3.09. The van der Waals surface area contributed by atoms with Gasteiger partial charge in [-0.05, 0) is 50.3 Å². The number of hydrogen-bond donors (Lipinski definition) is 1. The van der Waals surface area contributed by atoms with E-state index in [9.17, 15) is 0 Å². The van der Waals surface area contributed by atoms with E-state index in [-0.39, 0.29) is 0 Å². The Labute approximate surface area is 88.1 Å². The molecule has 0 rings (SSSR count). The summed E-state index contributed by atoms with van der Waals surface area (Å²) in [5.41, 5.74) is 0. The summed E-state index contributed by atoms with van der Waals surface area (Å²) in [6, 6.07) is 0. The van der Waals surface area contributed by atoms with E-state index >= 15 is 0 Å². The average molecular weight is 203 g/mol. The molecular weight excluding hydrogens is 178 g/mol. The molecule has 0 aromatic heterocycles. The van der Waals surface area contributed by atoms with Crippen molar-refractivity contribution >= 4 is 11.8 Å². The van der Waals surface area contributed by atoms with E-state index < -0.39 is 0 Å². The van der Waals surface area contributed by atoms with Crippen LogP contribution < -0.4 is 5.32 Å². The first-order valence-electron chi connectivity index (χ1n) is 5.54. The van der Waals surface area contributed by atoms with Crippen LogP contribution in [0.4, 0.5) is 0 Å². The van der Waals surface area contributed by atoms with Gasteiger partial charge < -0.3 is 5.32 Å². The summed E-state index contributed by atoms with van der Waals surface area (Å²) in [5, 5.41) is 3.51. The predicted molar refractivity (Wildman–Crippen MR) is 64.6 cm³/mol. The topological polar surface area (TPSA) is 12.0 Å². The molecule has 0 saturated carbocycles. The first kappa shape index (κ1) is 13.3. The molecule has 1 unspecified atom stereocenters. The summed E-state index contributed by atoms with van der Waals surface area (Å²) in [6.45, 7) is 6.93. The Morgan fingerprint density at radius 3 is 2.62 bits per heavy atom. The average Bonchev–Trinajstić information content (AvgIpc) is 2.16. The lowest BCUT2D eigenvalue weighted by Crippen LogP contribution is -2.23. The third-order valence-electron chi connectivity index (χ3n) is 2.40. The van der Waals surface area contributed by atoms with Crippen molar-refractivity contribution < 1.29 is 0 Å². The van der Waals surface area contributed by atoms with Crippen molar-refractivity contribution in [1.82, 2.24) is 5.32 Å². The monoisotopic (exact) mass is 203 g/mol. The van der Waals surface area contributed by atoms with Crippen LogP contribution in [0.3, 0.4) is 0 Å². The molecule has 0 aromatic rings. The fourth-order valence-electron chi connectivity index (χ4n) is 1.45. The molecule has 0 spiro atoms. The van der Waals surface area contributed by atoms with E-state index in [1.54, 1.807) is 0 Å². The Bertz CT molecular complexity index is 86.1. The van der Waals surface area contributed by atoms with Crippen molar-refractivity contribution in [2.45, 2.75) is 39.5 Å². The number of hydrogen-bond acceptors (Lipinski definition) is 2. The Hall–Kier alpha value is 0.310. The van der Waals surface area contributed by atoms with Crippen LogP contribution in [0.25, 0.3) is 0 Å². The molecule has 1 atom stereocenters. The molecule has 0 aromatic carbocycles. The molecule has 1 N–H and O–H groups in total. The zero-order valence-electron chi connectivity index (χ0n) is 9.44. The van der Waals surface area contributed by atoms with Gasteiger partial charge in [-0.15, -0.1) is 0 Å². The molecule has 0 saturated heterocycles. The number of thioether (sulfide) groups is 1. The van der Waals surface area contributed by atoms with Crippen molar-refractivity contribution in [2.24, 2.45) is 5.92 Å². The molecule has 0 bridgehead atoms. The summed E-state index contributed by atoms with van der Waals surface area (Å²) in [4.78, 5) is 0. The Morgan fingerprint density at radius 2 is 2.08 bits per heavy atom. The maximum atomic E-state index is 3.51. The van der Waals surface area contributed by atoms with Crippen molar-refractivity contribution in [3.05, 3.63) is 0 Å². The van der Waals surface area contributed by atoms with Gasteiger partial charge in [-0.3, -0.25) is 0 Å². The van der Waals surface area contributed by atoms with E-state index in [1.165, 1.54) is 44.5 Å². The molecule has 0 aliphatic carbocycles. The molecule has 0 radical (unpaired) electrons. The fraction of sp³-hybridized carbons (Fsp3) is 1.00. The first-order chi connectivity index (χ1) is 6.35. The maximum absolute atomic E-state index is 3.51. The third kappa shape index (κ3) is 8.63. The summed E-state index contributed by atoms with van der Waals surface area (Å²) in [7, 11) is 0. The van der Waals surface area contributed by atoms with Gasteiger partial charge in [-0.25, -0.2) is 0 Å². The Balaban J connectivity index is 3.28. The zero-order valence-corrected chi connectivity index (χ0v) is 10.3. The largest absolute Gasteiger partial charge is 0.316 e. The molecule has 80 valence electrons. The lowest BCUT2D eigenvalue weighted by Gasteiger charge is -2.14. The lowest BCUT2D eigenvalue weighted by atomic mass is 10.0. The van der Waals surface area contributed by atoms with Crippen molar-refractivity contribution in [2.75, 3.05) is 25.1 Å². The Kier molecular flexibility index (Phi) is 10.6. The minimum Gasteiger partial charge on any atom is -0.316 e. The molecule has 2 heteroatoms. The van der Waals surface area contributed by atoms with Gasteiger partial charge in [0.25, 0.3) is 0 Å². The van der Waals surface area contributed by atoms with E-state index in [4.69, 9.17) is 0 Å². The van der Waals surface area contributed by atoms with Crippen molar-refractivity contribution in [3.63, 3.8) is 0 Å². The first-order valence-corrected chi connectivity index (χ1v) is 6.94. The van der Waals surface area contributed by atoms with Crippen LogP contribution >= 0.6 is 11.8 Å². The van der Waals surface area contributed by atoms with Crippen molar-refractivity contribution in [1.29, 1.82) is 0 Å². The van der Waals surface area contributed by atoms with Crippen LogP contribution in [-0.4, -0.2) is 25.1 Å². The fourth-order valence-corrected chi connectivity index (χ4v) is 1.91. The Morgan fingerprint density at radius 1 is 1.31 bits per heavy atom. The van der Waals surface area contributed by atoms with Gasteiger partial charge in [0.15, 0.2) is 0 Å². The van der Waals surface area contributed by atoms with E-state index in [0.29, 0.717) is 0 Å². The summed E-state index contributed by atoms with van der Waals surface area (Å²) in [6.07, 6.45) is 7.55. The molecular formula is C11H25NS. The van der Waals surface area contributed by atoms with Crippen LogP contribution in [0.2, 0.25) is 0 Å². The van der Waals surface area contributed by atoms with Crippen LogP contribution in [0.5, 0.6) is 0 Å². The highest BCUT2D eigenvalue weighted by Crippen LogP contribution is 2.11. The number of nitrogens with one attached hydrogen (secondary N) is 1. The van der Waals surface area contributed by atoms with Gasteiger partial charge in [0.2, 0.25) is 0 Å². The molecule has 1 nitrogen and oxygen atoms in total. The SMILES string of the molecule is CCCNCC(CC)CCCSC. The molecule has 0 amide bonds. The minimum atomic E-state index is 0.902. The van der Waals surface area contributed by atoms with Crippen LogP contribution in [0.1, 0.15) is 39.5 Å². The van der Waals surface area contributed by atoms with Gasteiger partial charge in [0.05, 0.1) is 0 Å². The lowest BCUT2D eigenvalue weighted by molar-refractivity contribution is 0.431. The van der Waals surface area contributed by atoms with Gasteiger partial charge in [-0.1, -0.05) is 20.3 Å². The van der Waals surface area contributed by atoms with Crippen LogP contribution in [0.15, 0.2) is 0 Å². The molecule has 0 aliphatic heterocycles. The van der Waals surface area contributed by atoms with Crippen LogP contribution in [-0.2, 0) is 0 Å². The summed E-state index contributed by atoms with van der Waals surface area (Å²) in [5.74, 6) is 2.23. The highest BCUT2D eigenvalue weighted by molar-refractivity contribution is 7.98. The van der Waals surface area contributed by atoms with Gasteiger partial charge >= 0.3 is 0 Å². The summed E-state index contributed by atoms with van der Waals surface area (Å²) >= 11 is 1.96. The van der Waals surface area contributed by atoms with Crippen LogP contribution in [0, 0.1) is 5.92 Å². The zero-order chi connectivity index (χ0) is 9.94. The quantitative estimate of drug-likeness (QED) is 0.578. The minimum absolute atomic E-state index is 0.902. The molecule has 13 heavy (non-hydrogen) atoms. The molecule has 0 heterocycles. The van der Waals surface area contributed by atoms with Gasteiger partial charge in [0, 0.05) is 0 Å². The van der Waals surface area contributed by atoms with E-state index in [0.717, 1.165) is 5.92 Å². The molecule has 0 fully saturated rings. The summed E-state index contributed by atoms with van der Waals surface area (Å²) < 4.78 is 0. The second kappa shape index (κ2) is 10.4. The van der Waals surface area contributed by atoms with E-state index in [2.05, 4.69) is 25.4 Å². The predicted octanol–water partition coefficient (Wildman–Crippen LogP) is 3.16. The highest BCUT2D eigenvalue weighted by atomic mass is 32.2. The van der Waals surface area contributed by atoms with Gasteiger partial charge in [-0.2, -0.15) is 11.8 Å². The highest BCUT2D eigenvalue weighted by Gasteiger charge is 2.04. The maximum Gasteiger partial charge on any atom is -0.00206 e. The second-order valence-electron chi connectivity index (χ2n) is 3.61.